The summed E-state index contributed by atoms with van der Waals surface area (Å²) in [6, 6.07) is 3.27. The predicted molar refractivity (Wildman–Crippen MR) is 84.1 cm³/mol. The molecule has 1 heterocycles. The second-order valence-electron chi connectivity index (χ2n) is 5.33. The molecule has 1 aliphatic heterocycles. The topological polar surface area (TPSA) is 64.3 Å². The summed E-state index contributed by atoms with van der Waals surface area (Å²) in [5, 5.41) is 0. The van der Waals surface area contributed by atoms with Crippen molar-refractivity contribution in [2.75, 3.05) is 28.4 Å². The largest absolute Gasteiger partial charge is 0.598 e. The van der Waals surface area contributed by atoms with Crippen LogP contribution in [0.1, 0.15) is 31.7 Å². The first-order chi connectivity index (χ1) is 10.3. The number of anilines is 3. The van der Waals surface area contributed by atoms with Crippen LogP contribution in [0.5, 0.6) is 0 Å². The Labute approximate surface area is 131 Å². The van der Waals surface area contributed by atoms with E-state index in [1.165, 1.54) is 0 Å². The number of nitrogens with zero attached hydrogens (tertiary/aromatic N) is 1. The van der Waals surface area contributed by atoms with Crippen molar-refractivity contribution < 1.29 is 17.7 Å². The van der Waals surface area contributed by atoms with Crippen LogP contribution >= 0.6 is 0 Å². The van der Waals surface area contributed by atoms with Gasteiger partial charge in [-0.05, 0) is 37.0 Å². The molecule has 0 aromatic heterocycles. The molecule has 2 rings (SSSR count). The van der Waals surface area contributed by atoms with Gasteiger partial charge in [0.2, 0.25) is 0 Å². The maximum Gasteiger partial charge on any atom is 0.598 e. The fourth-order valence-corrected chi connectivity index (χ4v) is 3.05. The Morgan fingerprint density at radius 3 is 2.77 bits per heavy atom. The lowest BCUT2D eigenvalue weighted by Crippen LogP contribution is -2.32. The number of halogens is 3. The van der Waals surface area contributed by atoms with Gasteiger partial charge in [-0.15, -0.1) is 13.2 Å². The average molecular weight is 335 g/mol. The maximum absolute atomic E-state index is 12.4. The van der Waals surface area contributed by atoms with Gasteiger partial charge in [0.05, 0.1) is 5.69 Å². The molecule has 0 saturated heterocycles. The summed E-state index contributed by atoms with van der Waals surface area (Å²) >= 11 is -3.16. The summed E-state index contributed by atoms with van der Waals surface area (Å²) in [5.74, 6) is 0. The van der Waals surface area contributed by atoms with Gasteiger partial charge in [-0.3, -0.25) is 0 Å². The Morgan fingerprint density at radius 2 is 2.14 bits per heavy atom. The van der Waals surface area contributed by atoms with Gasteiger partial charge in [-0.1, -0.05) is 13.3 Å². The fraction of sp³-hybridized carbons (Fsp3) is 0.571. The molecule has 3 N–H and O–H groups in total. The zero-order valence-electron chi connectivity index (χ0n) is 12.4. The number of unbranched alkanes of at least 4 members (excludes halogenated alkanes) is 1. The van der Waals surface area contributed by atoms with Crippen LogP contribution in [-0.2, 0) is 17.8 Å². The molecule has 0 spiro atoms. The van der Waals surface area contributed by atoms with Crippen molar-refractivity contribution in [3.05, 3.63) is 17.7 Å². The van der Waals surface area contributed by atoms with E-state index in [0.29, 0.717) is 0 Å². The summed E-state index contributed by atoms with van der Waals surface area (Å²) < 4.78 is 50.5. The highest BCUT2D eigenvalue weighted by atomic mass is 32.2. The third-order valence-corrected chi connectivity index (χ3v) is 4.49. The first-order valence-corrected chi connectivity index (χ1v) is 8.40. The molecule has 22 heavy (non-hydrogen) atoms. The van der Waals surface area contributed by atoms with Crippen LogP contribution in [0, 0.1) is 0 Å². The number of hydrogen-bond donors (Lipinski definition) is 2. The first-order valence-electron chi connectivity index (χ1n) is 7.25. The van der Waals surface area contributed by atoms with E-state index in [1.807, 2.05) is 4.72 Å². The molecule has 8 heteroatoms. The van der Waals surface area contributed by atoms with Crippen LogP contribution in [0.15, 0.2) is 12.1 Å². The Balaban J connectivity index is 2.26. The molecule has 0 aliphatic carbocycles. The van der Waals surface area contributed by atoms with E-state index in [1.54, 1.807) is 12.1 Å². The molecule has 0 radical (unpaired) electrons. The van der Waals surface area contributed by atoms with Gasteiger partial charge in [0, 0.05) is 18.8 Å². The second-order valence-corrected chi connectivity index (χ2v) is 6.53. The van der Waals surface area contributed by atoms with Crippen LogP contribution in [0.3, 0.4) is 0 Å². The van der Waals surface area contributed by atoms with Crippen LogP contribution in [0.4, 0.5) is 30.2 Å². The van der Waals surface area contributed by atoms with E-state index in [9.17, 15) is 17.7 Å². The number of hydrogen-bond acceptors (Lipinski definition) is 4. The van der Waals surface area contributed by atoms with Crippen LogP contribution < -0.4 is 15.4 Å². The summed E-state index contributed by atoms with van der Waals surface area (Å²) in [6.07, 6.45) is 3.91. The number of fused-ring (bicyclic) bond motifs is 1. The molecule has 0 saturated carbocycles. The maximum atomic E-state index is 12.4. The minimum atomic E-state index is -4.82. The van der Waals surface area contributed by atoms with Crippen LogP contribution in [0.25, 0.3) is 0 Å². The van der Waals surface area contributed by atoms with Crippen molar-refractivity contribution in [2.45, 2.75) is 38.1 Å². The van der Waals surface area contributed by atoms with E-state index in [4.69, 9.17) is 5.73 Å². The molecule has 1 aliphatic rings. The smallest absolute Gasteiger partial charge is 0.586 e. The van der Waals surface area contributed by atoms with E-state index >= 15 is 0 Å². The lowest BCUT2D eigenvalue weighted by molar-refractivity contribution is -0.0428. The van der Waals surface area contributed by atoms with Crippen LogP contribution in [-0.4, -0.2) is 23.2 Å². The number of nitrogen functional groups attached to an aromatic ring is 1. The van der Waals surface area contributed by atoms with Crippen molar-refractivity contribution in [1.82, 2.24) is 0 Å². The van der Waals surface area contributed by atoms with Gasteiger partial charge in [-0.2, -0.15) is 4.72 Å². The normalized spacial score (nSPS) is 16.3. The Bertz CT molecular complexity index is 525. The summed E-state index contributed by atoms with van der Waals surface area (Å²) in [4.78, 5) is 2.16. The summed E-state index contributed by atoms with van der Waals surface area (Å²) in [5.41, 5.74) is 3.16. The van der Waals surface area contributed by atoms with E-state index in [0.717, 1.165) is 50.0 Å². The Kier molecular flexibility index (Phi) is 5.33. The molecule has 1 atom stereocenters. The monoisotopic (exact) mass is 335 g/mol. The zero-order chi connectivity index (χ0) is 16.3. The molecule has 0 amide bonds. The predicted octanol–water partition coefficient (Wildman–Crippen LogP) is 3.42. The number of nitrogens with one attached hydrogen (secondary N) is 1. The van der Waals surface area contributed by atoms with Crippen molar-refractivity contribution in [2.24, 2.45) is 0 Å². The van der Waals surface area contributed by atoms with Gasteiger partial charge < -0.3 is 15.2 Å². The Morgan fingerprint density at radius 1 is 1.41 bits per heavy atom. The standard InChI is InChI=1S/C14H20F3N3OS/c1-2-3-6-20-7-4-5-10-8-11(18)12(9-13(10)20)19-22(21)14(15,16)17/h8-9,19H,2-7,18H2,1H3. The van der Waals surface area contributed by atoms with Gasteiger partial charge in [0.25, 0.3) is 0 Å². The van der Waals surface area contributed by atoms with Crippen molar-refractivity contribution >= 4 is 28.4 Å². The molecular weight excluding hydrogens is 315 g/mol. The van der Waals surface area contributed by atoms with Gasteiger partial charge in [0.1, 0.15) is 5.69 Å². The van der Waals surface area contributed by atoms with E-state index < -0.39 is 16.9 Å². The molecular formula is C14H20F3N3OS. The number of alkyl halides is 3. The van der Waals surface area contributed by atoms with Gasteiger partial charge in [-0.25, -0.2) is 0 Å². The fourth-order valence-electron chi connectivity index (χ4n) is 2.55. The highest BCUT2D eigenvalue weighted by molar-refractivity contribution is 7.93. The number of rotatable bonds is 5. The van der Waals surface area contributed by atoms with Gasteiger partial charge in [0.15, 0.2) is 11.4 Å². The lowest BCUT2D eigenvalue weighted by atomic mass is 10.00. The minimum absolute atomic E-state index is 0.0674. The minimum Gasteiger partial charge on any atom is -0.586 e. The lowest BCUT2D eigenvalue weighted by Gasteiger charge is -2.32. The molecule has 1 aromatic carbocycles. The first kappa shape index (κ1) is 17.1. The highest BCUT2D eigenvalue weighted by Crippen LogP contribution is 2.36. The molecule has 1 aromatic rings. The van der Waals surface area contributed by atoms with Gasteiger partial charge >= 0.3 is 5.51 Å². The molecule has 124 valence electrons. The third kappa shape index (κ3) is 3.92. The molecule has 0 fully saturated rings. The van der Waals surface area contributed by atoms with Crippen molar-refractivity contribution in [3.8, 4) is 0 Å². The summed E-state index contributed by atoms with van der Waals surface area (Å²) in [7, 11) is 0. The zero-order valence-corrected chi connectivity index (χ0v) is 13.2. The Hall–Kier alpha value is -1.28. The van der Waals surface area contributed by atoms with E-state index in [-0.39, 0.29) is 11.4 Å². The van der Waals surface area contributed by atoms with Crippen molar-refractivity contribution in [1.29, 1.82) is 0 Å². The molecule has 1 unspecified atom stereocenters. The highest BCUT2D eigenvalue weighted by Gasteiger charge is 2.46. The number of benzene rings is 1. The van der Waals surface area contributed by atoms with Crippen LogP contribution in [0.2, 0.25) is 0 Å². The van der Waals surface area contributed by atoms with Crippen molar-refractivity contribution in [3.63, 3.8) is 0 Å². The number of nitrogens with two attached hydrogens (primary N) is 1. The molecule has 4 nitrogen and oxygen atoms in total. The quantitative estimate of drug-likeness (QED) is 0.639. The average Bonchev–Trinajstić information content (AvgIpc) is 2.44. The van der Waals surface area contributed by atoms with E-state index in [2.05, 4.69) is 11.8 Å². The number of aryl methyl sites for hydroxylation is 1. The second kappa shape index (κ2) is 6.87. The molecule has 0 bridgehead atoms. The SMILES string of the molecule is CCCCN1CCCc2cc(N)c(N[S+]([O-])C(F)(F)F)cc21. The third-order valence-electron chi connectivity index (χ3n) is 3.66. The summed E-state index contributed by atoms with van der Waals surface area (Å²) in [6.45, 7) is 3.82.